The molecule has 4 heterocycles. The van der Waals surface area contributed by atoms with E-state index in [9.17, 15) is 0 Å². The van der Waals surface area contributed by atoms with Crippen molar-refractivity contribution in [3.05, 3.63) is 24.2 Å². The van der Waals surface area contributed by atoms with Crippen molar-refractivity contribution in [3.8, 4) is 0 Å². The average Bonchev–Trinajstić information content (AvgIpc) is 2.95. The number of thioether (sulfide) groups is 1. The smallest absolute Gasteiger partial charge is 0.160 e. The largest absolute Gasteiger partial charge is 0.306 e. The Hall–Kier alpha value is -1.07. The van der Waals surface area contributed by atoms with Crippen molar-refractivity contribution in [1.82, 2.24) is 19.4 Å². The lowest BCUT2D eigenvalue weighted by Gasteiger charge is -2.32. The van der Waals surface area contributed by atoms with Gasteiger partial charge in [-0.3, -0.25) is 4.57 Å². The Kier molecular flexibility index (Phi) is 4.09. The second-order valence-electron chi connectivity index (χ2n) is 6.61. The van der Waals surface area contributed by atoms with Gasteiger partial charge in [-0.2, -0.15) is 0 Å². The number of hydrogen-bond donors (Lipinski definition) is 0. The Morgan fingerprint density at radius 1 is 1.23 bits per heavy atom. The summed E-state index contributed by atoms with van der Waals surface area (Å²) in [6, 6.07) is 4.12. The Balaban J connectivity index is 1.78. The second-order valence-corrected chi connectivity index (χ2v) is 7.89. The summed E-state index contributed by atoms with van der Waals surface area (Å²) >= 11 is 2.08. The fraction of sp³-hybridized carbons (Fsp3) is 0.647. The average molecular weight is 316 g/mol. The van der Waals surface area contributed by atoms with E-state index in [0.717, 1.165) is 17.7 Å². The predicted molar refractivity (Wildman–Crippen MR) is 92.3 cm³/mol. The van der Waals surface area contributed by atoms with Crippen LogP contribution >= 0.6 is 11.8 Å². The third-order valence-corrected chi connectivity index (χ3v) is 6.27. The number of aromatic nitrogens is 3. The van der Waals surface area contributed by atoms with Gasteiger partial charge >= 0.3 is 0 Å². The molecule has 22 heavy (non-hydrogen) atoms. The molecule has 2 atom stereocenters. The molecule has 5 heteroatoms. The van der Waals surface area contributed by atoms with E-state index in [0.29, 0.717) is 11.3 Å². The van der Waals surface area contributed by atoms with Crippen LogP contribution in [0.25, 0.3) is 11.2 Å². The number of likely N-dealkylation sites (tertiary alicyclic amines) is 1. The molecule has 0 radical (unpaired) electrons. The molecule has 0 spiro atoms. The van der Waals surface area contributed by atoms with Gasteiger partial charge in [0.05, 0.1) is 5.37 Å². The minimum absolute atomic E-state index is 0.524. The Morgan fingerprint density at radius 3 is 3.00 bits per heavy atom. The maximum atomic E-state index is 5.01. The summed E-state index contributed by atoms with van der Waals surface area (Å²) in [6.07, 6.45) is 8.37. The second kappa shape index (κ2) is 6.20. The molecule has 2 aromatic rings. The van der Waals surface area contributed by atoms with Crippen LogP contribution in [0.3, 0.4) is 0 Å². The quantitative estimate of drug-likeness (QED) is 0.847. The van der Waals surface area contributed by atoms with E-state index in [2.05, 4.69) is 39.3 Å². The van der Waals surface area contributed by atoms with Crippen molar-refractivity contribution >= 4 is 22.9 Å². The van der Waals surface area contributed by atoms with Crippen LogP contribution < -0.4 is 0 Å². The van der Waals surface area contributed by atoms with Crippen LogP contribution in [-0.4, -0.2) is 45.3 Å². The number of piperidine rings is 1. The van der Waals surface area contributed by atoms with Gasteiger partial charge in [-0.15, -0.1) is 11.8 Å². The van der Waals surface area contributed by atoms with Crippen LogP contribution in [0.15, 0.2) is 18.3 Å². The lowest BCUT2D eigenvalue weighted by atomic mass is 9.97. The summed E-state index contributed by atoms with van der Waals surface area (Å²) in [6.45, 7) is 2.34. The highest BCUT2D eigenvalue weighted by Crippen LogP contribution is 2.39. The highest BCUT2D eigenvalue weighted by Gasteiger charge is 2.29. The molecule has 2 aliphatic rings. The van der Waals surface area contributed by atoms with Gasteiger partial charge in [0, 0.05) is 18.7 Å². The van der Waals surface area contributed by atoms with Gasteiger partial charge < -0.3 is 4.90 Å². The number of likely N-dealkylation sites (N-methyl/N-ethyl adjacent to an activating group) is 1. The van der Waals surface area contributed by atoms with Crippen molar-refractivity contribution < 1.29 is 0 Å². The SMILES string of the molecule is CN1CCCC(c2nc3cccnc3n2C2CCCCS2)C1. The minimum atomic E-state index is 0.524. The molecular weight excluding hydrogens is 292 g/mol. The number of imidazole rings is 1. The summed E-state index contributed by atoms with van der Waals surface area (Å²) < 4.78 is 2.48. The van der Waals surface area contributed by atoms with Gasteiger partial charge in [0.2, 0.25) is 0 Å². The van der Waals surface area contributed by atoms with Crippen molar-refractivity contribution in [3.63, 3.8) is 0 Å². The summed E-state index contributed by atoms with van der Waals surface area (Å²) in [5, 5.41) is 0.524. The van der Waals surface area contributed by atoms with Gasteiger partial charge in [-0.25, -0.2) is 9.97 Å². The van der Waals surface area contributed by atoms with Crippen molar-refractivity contribution in [2.24, 2.45) is 0 Å². The minimum Gasteiger partial charge on any atom is -0.306 e. The molecule has 2 saturated heterocycles. The van der Waals surface area contributed by atoms with Gasteiger partial charge in [-0.05, 0) is 63.6 Å². The van der Waals surface area contributed by atoms with Crippen LogP contribution in [0.2, 0.25) is 0 Å². The molecule has 2 unspecified atom stereocenters. The van der Waals surface area contributed by atoms with Crippen LogP contribution in [0.4, 0.5) is 0 Å². The normalized spacial score (nSPS) is 27.3. The highest BCUT2D eigenvalue weighted by molar-refractivity contribution is 7.99. The Labute approximate surface area is 136 Å². The topological polar surface area (TPSA) is 34.0 Å². The zero-order valence-corrected chi connectivity index (χ0v) is 14.1. The molecule has 0 aromatic carbocycles. The first-order valence-corrected chi connectivity index (χ1v) is 9.51. The van der Waals surface area contributed by atoms with Crippen molar-refractivity contribution in [2.75, 3.05) is 25.9 Å². The summed E-state index contributed by atoms with van der Waals surface area (Å²) in [5.41, 5.74) is 2.15. The molecule has 0 aliphatic carbocycles. The van der Waals surface area contributed by atoms with Gasteiger partial charge in [0.1, 0.15) is 11.3 Å². The third-order valence-electron chi connectivity index (χ3n) is 4.91. The fourth-order valence-electron chi connectivity index (χ4n) is 3.82. The van der Waals surface area contributed by atoms with Crippen molar-refractivity contribution in [2.45, 2.75) is 43.4 Å². The molecule has 0 amide bonds. The molecule has 2 aromatic heterocycles. The molecule has 0 bridgehead atoms. The number of hydrogen-bond acceptors (Lipinski definition) is 4. The lowest BCUT2D eigenvalue weighted by Crippen LogP contribution is -2.32. The molecule has 4 nitrogen and oxygen atoms in total. The fourth-order valence-corrected chi connectivity index (χ4v) is 5.16. The van der Waals surface area contributed by atoms with Crippen LogP contribution in [0, 0.1) is 0 Å². The summed E-state index contributed by atoms with van der Waals surface area (Å²) in [4.78, 5) is 12.1. The number of pyridine rings is 1. The first kappa shape index (κ1) is 14.5. The van der Waals surface area contributed by atoms with E-state index < -0.39 is 0 Å². The van der Waals surface area contributed by atoms with E-state index in [1.54, 1.807) is 0 Å². The standard InChI is InChI=1S/C17H24N4S/c1-20-10-5-6-13(12-20)16-19-14-7-4-9-18-17(14)21(16)15-8-2-3-11-22-15/h4,7,9,13,15H,2-3,5-6,8,10-12H2,1H3. The van der Waals surface area contributed by atoms with Crippen LogP contribution in [0.5, 0.6) is 0 Å². The Bertz CT molecular complexity index is 647. The monoisotopic (exact) mass is 316 g/mol. The molecule has 4 rings (SSSR count). The number of nitrogens with zero attached hydrogens (tertiary/aromatic N) is 4. The predicted octanol–water partition coefficient (Wildman–Crippen LogP) is 3.66. The zero-order valence-electron chi connectivity index (χ0n) is 13.2. The van der Waals surface area contributed by atoms with E-state index in [1.165, 1.54) is 50.2 Å². The van der Waals surface area contributed by atoms with E-state index in [-0.39, 0.29) is 0 Å². The van der Waals surface area contributed by atoms with Gasteiger partial charge in [0.15, 0.2) is 5.65 Å². The number of rotatable bonds is 2. The lowest BCUT2D eigenvalue weighted by molar-refractivity contribution is 0.242. The number of fused-ring (bicyclic) bond motifs is 1. The highest BCUT2D eigenvalue weighted by atomic mass is 32.2. The third kappa shape index (κ3) is 2.65. The van der Waals surface area contributed by atoms with Gasteiger partial charge in [0.25, 0.3) is 0 Å². The Morgan fingerprint density at radius 2 is 2.18 bits per heavy atom. The van der Waals surface area contributed by atoms with Crippen LogP contribution in [0.1, 0.15) is 49.2 Å². The first-order valence-electron chi connectivity index (χ1n) is 8.46. The van der Waals surface area contributed by atoms with Crippen LogP contribution in [-0.2, 0) is 0 Å². The van der Waals surface area contributed by atoms with E-state index in [1.807, 2.05) is 12.3 Å². The first-order chi connectivity index (χ1) is 10.8. The molecule has 0 saturated carbocycles. The maximum absolute atomic E-state index is 5.01. The molecule has 2 aliphatic heterocycles. The molecule has 118 valence electrons. The van der Waals surface area contributed by atoms with Gasteiger partial charge in [-0.1, -0.05) is 0 Å². The summed E-state index contributed by atoms with van der Waals surface area (Å²) in [7, 11) is 2.23. The molecular formula is C17H24N4S. The summed E-state index contributed by atoms with van der Waals surface area (Å²) in [5.74, 6) is 3.09. The molecule has 2 fully saturated rings. The maximum Gasteiger partial charge on any atom is 0.160 e. The van der Waals surface area contributed by atoms with E-state index >= 15 is 0 Å². The zero-order chi connectivity index (χ0) is 14.9. The van der Waals surface area contributed by atoms with Crippen molar-refractivity contribution in [1.29, 1.82) is 0 Å². The molecule has 0 N–H and O–H groups in total. The van der Waals surface area contributed by atoms with E-state index in [4.69, 9.17) is 4.98 Å².